The highest BCUT2D eigenvalue weighted by atomic mass is 32.1. The third-order valence-electron chi connectivity index (χ3n) is 15.4. The molecule has 8 rings (SSSR count). The van der Waals surface area contributed by atoms with Crippen molar-refractivity contribution >= 4 is 62.2 Å². The minimum absolute atomic E-state index is 0.0719. The zero-order chi connectivity index (χ0) is 51.0. The summed E-state index contributed by atoms with van der Waals surface area (Å²) in [6, 6.07) is 8.26. The van der Waals surface area contributed by atoms with E-state index < -0.39 is 40.4 Å². The molecule has 4 atom stereocenters. The molecule has 3 fully saturated rings. The number of likely N-dealkylation sites (tertiary alicyclic amines) is 2. The van der Waals surface area contributed by atoms with Crippen LogP contribution in [0.2, 0.25) is 0 Å². The molecule has 71 heavy (non-hydrogen) atoms. The lowest BCUT2D eigenvalue weighted by atomic mass is 9.72. The highest BCUT2D eigenvalue weighted by Crippen LogP contribution is 2.43. The van der Waals surface area contributed by atoms with E-state index in [1.54, 1.807) is 20.4 Å². The lowest BCUT2D eigenvalue weighted by Crippen LogP contribution is -2.67. The second kappa shape index (κ2) is 21.0. The Morgan fingerprint density at radius 1 is 1.07 bits per heavy atom. The van der Waals surface area contributed by atoms with Gasteiger partial charge in [0.15, 0.2) is 0 Å². The van der Waals surface area contributed by atoms with Crippen molar-refractivity contribution in [3.05, 3.63) is 70.8 Å². The molecule has 0 aliphatic carbocycles. The third kappa shape index (κ3) is 10.6. The minimum Gasteiger partial charge on any atom is -0.464 e. The van der Waals surface area contributed by atoms with Crippen LogP contribution in [0.5, 0.6) is 0 Å². The number of hydrazine groups is 1. The number of fused-ring (bicyclic) bond motifs is 6. The number of hydrogen-bond acceptors (Lipinski definition) is 11. The molecule has 1 spiro atoms. The number of methoxy groups -OCH3 is 1. The van der Waals surface area contributed by atoms with E-state index in [0.717, 1.165) is 70.4 Å². The van der Waals surface area contributed by atoms with Crippen LogP contribution in [0.25, 0.3) is 33.4 Å². The summed E-state index contributed by atoms with van der Waals surface area (Å²) < 4.78 is 14.4. The van der Waals surface area contributed by atoms with Crippen molar-refractivity contribution in [3.8, 4) is 22.5 Å². The van der Waals surface area contributed by atoms with E-state index in [0.29, 0.717) is 73.8 Å². The number of thiazole rings is 1. The number of aromatic nitrogens is 3. The monoisotopic (exact) mass is 1010 g/mol. The molecule has 18 heteroatoms. The molecule has 4 aliphatic heterocycles. The summed E-state index contributed by atoms with van der Waals surface area (Å²) in [5, 5.41) is 7.21. The van der Waals surface area contributed by atoms with Gasteiger partial charge in [0.05, 0.1) is 34.8 Å². The number of nitrogens with zero attached hydrogens (tertiary/aromatic N) is 7. The number of nitrogens with one attached hydrogen (secondary N) is 2. The number of rotatable bonds is 9. The van der Waals surface area contributed by atoms with Crippen molar-refractivity contribution in [1.82, 2.24) is 45.0 Å². The van der Waals surface area contributed by atoms with Crippen LogP contribution in [0.1, 0.15) is 102 Å². The van der Waals surface area contributed by atoms with Crippen LogP contribution < -0.4 is 10.7 Å². The summed E-state index contributed by atoms with van der Waals surface area (Å²) in [7, 11) is 3.71. The lowest BCUT2D eigenvalue weighted by Gasteiger charge is -2.48. The molecule has 3 saturated heterocycles. The van der Waals surface area contributed by atoms with Gasteiger partial charge in [0.25, 0.3) is 5.91 Å². The first-order valence-corrected chi connectivity index (χ1v) is 27.3. The largest absolute Gasteiger partial charge is 0.464 e. The summed E-state index contributed by atoms with van der Waals surface area (Å²) in [5.74, 6) is -1.61. The fourth-order valence-electron chi connectivity index (χ4n) is 11.5. The number of esters is 1. The fourth-order valence-corrected chi connectivity index (χ4v) is 13.1. The highest BCUT2D eigenvalue weighted by molar-refractivity contribution is 7.10. The molecule has 0 saturated carbocycles. The Morgan fingerprint density at radius 2 is 1.82 bits per heavy atom. The van der Waals surface area contributed by atoms with Gasteiger partial charge in [-0.25, -0.2) is 15.2 Å². The Morgan fingerprint density at radius 3 is 2.52 bits per heavy atom. The van der Waals surface area contributed by atoms with E-state index in [4.69, 9.17) is 19.4 Å². The average molecular weight is 1010 g/mol. The zero-order valence-electron chi connectivity index (χ0n) is 43.1. The van der Waals surface area contributed by atoms with Gasteiger partial charge in [-0.2, -0.15) is 0 Å². The maximum atomic E-state index is 14.9. The summed E-state index contributed by atoms with van der Waals surface area (Å²) in [6.45, 7) is 19.4. The van der Waals surface area contributed by atoms with Crippen molar-refractivity contribution in [3.63, 3.8) is 0 Å². The number of aryl methyl sites for hydroxylation is 1. The topological polar surface area (TPSA) is 172 Å². The van der Waals surface area contributed by atoms with E-state index in [1.165, 1.54) is 27.3 Å². The quantitative estimate of drug-likeness (QED) is 0.118. The SMILES string of the molecule is C=CC(=O)N1CCC2(CCCN(C(=O)N(C)[C@H](C(=O)N[C@H]3Cc4nc(cs4)-c4ccc5c(c4)c(c(-c4cccnc4[C@H](C)OC)n5CC)CC(C)(C)COC(=O)[C@@]4([SiH3])CCCN(N4)C3=O)C(C)C)C2)CC1. The van der Waals surface area contributed by atoms with Crippen molar-refractivity contribution in [2.45, 2.75) is 123 Å². The van der Waals surface area contributed by atoms with E-state index in [9.17, 15) is 24.0 Å². The molecule has 3 aromatic heterocycles. The maximum absolute atomic E-state index is 14.9. The number of hydrogen-bond donors (Lipinski definition) is 2. The first-order chi connectivity index (χ1) is 33.8. The van der Waals surface area contributed by atoms with Crippen molar-refractivity contribution in [1.29, 1.82) is 0 Å². The number of carbonyl (C=O) groups is 5. The first-order valence-electron chi connectivity index (χ1n) is 25.4. The van der Waals surface area contributed by atoms with Gasteiger partial charge in [0.1, 0.15) is 17.2 Å². The van der Waals surface area contributed by atoms with E-state index in [1.807, 2.05) is 42.0 Å². The average Bonchev–Trinajstić information content (AvgIpc) is 3.95. The van der Waals surface area contributed by atoms with Crippen LogP contribution in [0.3, 0.4) is 0 Å². The number of benzene rings is 1. The molecule has 0 unspecified atom stereocenters. The van der Waals surface area contributed by atoms with Crippen LogP contribution in [-0.2, 0) is 48.0 Å². The van der Waals surface area contributed by atoms with Gasteiger partial charge in [-0.1, -0.05) is 40.3 Å². The van der Waals surface area contributed by atoms with Gasteiger partial charge in [-0.3, -0.25) is 29.2 Å². The Bertz CT molecular complexity index is 2680. The smallest absolute Gasteiger partial charge is 0.323 e. The fraction of sp³-hybridized carbons (Fsp3) is 0.566. The molecule has 1 aromatic carbocycles. The van der Waals surface area contributed by atoms with Gasteiger partial charge in [-0.15, -0.1) is 11.3 Å². The van der Waals surface area contributed by atoms with Crippen LogP contribution in [0.4, 0.5) is 4.79 Å². The molecule has 382 valence electrons. The Labute approximate surface area is 425 Å². The van der Waals surface area contributed by atoms with Crippen LogP contribution >= 0.6 is 11.3 Å². The highest BCUT2D eigenvalue weighted by Gasteiger charge is 2.45. The van der Waals surface area contributed by atoms with Crippen molar-refractivity contribution in [2.75, 3.05) is 53.5 Å². The van der Waals surface area contributed by atoms with E-state index in [-0.39, 0.29) is 42.4 Å². The van der Waals surface area contributed by atoms with Gasteiger partial charge >= 0.3 is 12.0 Å². The number of pyridine rings is 1. The molecule has 4 aliphatic rings. The Balaban J connectivity index is 1.13. The number of carbonyl (C=O) groups excluding carboxylic acids is 5. The maximum Gasteiger partial charge on any atom is 0.323 e. The number of ether oxygens (including phenoxy) is 2. The van der Waals surface area contributed by atoms with Crippen molar-refractivity contribution in [2.24, 2.45) is 16.7 Å². The summed E-state index contributed by atoms with van der Waals surface area (Å²) >= 11 is 1.43. The third-order valence-corrected chi connectivity index (χ3v) is 17.4. The van der Waals surface area contributed by atoms with Gasteiger partial charge in [0, 0.05) is 109 Å². The molecule has 4 aromatic rings. The molecule has 2 N–H and O–H groups in total. The predicted molar refractivity (Wildman–Crippen MR) is 279 cm³/mol. The Hall–Kier alpha value is -5.43. The minimum atomic E-state index is -1.09. The number of amides is 5. The molecule has 0 radical (unpaired) electrons. The van der Waals surface area contributed by atoms with Gasteiger partial charge < -0.3 is 34.1 Å². The first kappa shape index (κ1) is 51.9. The van der Waals surface area contributed by atoms with Crippen molar-refractivity contribution < 1.29 is 33.4 Å². The van der Waals surface area contributed by atoms with Crippen LogP contribution in [-0.4, -0.2) is 145 Å². The van der Waals surface area contributed by atoms with Gasteiger partial charge in [0.2, 0.25) is 11.8 Å². The van der Waals surface area contributed by atoms with Crippen LogP contribution in [0.15, 0.2) is 54.6 Å². The van der Waals surface area contributed by atoms with Crippen LogP contribution in [0, 0.1) is 16.7 Å². The number of cyclic esters (lactones) is 1. The molecule has 5 amide bonds. The lowest BCUT2D eigenvalue weighted by molar-refractivity contribution is -0.158. The number of piperidine rings is 2. The molecular formula is C53H73N9O7SSi. The second-order valence-electron chi connectivity index (χ2n) is 21.6. The molecule has 16 nitrogen and oxygen atoms in total. The summed E-state index contributed by atoms with van der Waals surface area (Å²) in [5.41, 5.74) is 9.39. The number of likely N-dealkylation sites (N-methyl/N-ethyl adjacent to an activating group) is 1. The Kier molecular flexibility index (Phi) is 15.3. The summed E-state index contributed by atoms with van der Waals surface area (Å²) in [6.07, 6.45) is 8.02. The molecular weight excluding hydrogens is 935 g/mol. The molecule has 6 bridgehead atoms. The predicted octanol–water partition coefficient (Wildman–Crippen LogP) is 5.86. The number of urea groups is 1. The standard InChI is InChI=1S/C53H73N9O7SSi/c1-10-43(63)59-25-20-52(21-26-59)18-13-23-60(31-52)50(67)58(8)45(33(3)4)47(64)56-39-28-42-55-40(30-70-42)35-16-17-41-37(27-35)38(46(61(41)11-2)36-15-12-22-54-44(36)34(5)68-9)29-51(6,7)32-69-49(66)53(71)19-14-24-62(57-53)48(39)65/h10,12,15-17,22,27,30,33-34,39,45,57H,1,11,13-14,18-21,23-26,28-29,31-32H2,2-9,71H3,(H,56,64)/t34-,39-,45-,53-/m0/s1. The normalized spacial score (nSPS) is 22.5. The van der Waals surface area contributed by atoms with E-state index >= 15 is 0 Å². The van der Waals surface area contributed by atoms with Gasteiger partial charge in [-0.05, 0) is 106 Å². The summed E-state index contributed by atoms with van der Waals surface area (Å²) in [4.78, 5) is 86.0. The van der Waals surface area contributed by atoms with E-state index in [2.05, 4.69) is 66.9 Å². The zero-order valence-corrected chi connectivity index (χ0v) is 46.0. The molecule has 7 heterocycles. The second-order valence-corrected chi connectivity index (χ2v) is 24.3.